The van der Waals surface area contributed by atoms with Crippen LogP contribution in [0.5, 0.6) is 5.75 Å². The summed E-state index contributed by atoms with van der Waals surface area (Å²) in [6, 6.07) is 13.6. The molecule has 5 heteroatoms. The van der Waals surface area contributed by atoms with Gasteiger partial charge in [-0.3, -0.25) is 15.6 Å². The second-order valence-corrected chi connectivity index (χ2v) is 4.74. The number of benzene rings is 2. The topological polar surface area (TPSA) is 50.4 Å². The molecule has 4 nitrogen and oxygen atoms in total. The normalized spacial score (nSPS) is 9.91. The second kappa shape index (κ2) is 7.26. The molecule has 0 unspecified atom stereocenters. The monoisotopic (exact) mass is 300 g/mol. The van der Waals surface area contributed by atoms with Gasteiger partial charge in [0.15, 0.2) is 6.61 Å². The van der Waals surface area contributed by atoms with Crippen molar-refractivity contribution in [3.63, 3.8) is 0 Å². The van der Waals surface area contributed by atoms with E-state index >= 15 is 0 Å². The number of amides is 1. The van der Waals surface area contributed by atoms with Crippen molar-refractivity contribution in [2.24, 2.45) is 0 Å². The van der Waals surface area contributed by atoms with Gasteiger partial charge in [0.1, 0.15) is 11.6 Å². The predicted molar refractivity (Wildman–Crippen MR) is 83.4 cm³/mol. The van der Waals surface area contributed by atoms with Crippen molar-refractivity contribution in [1.29, 1.82) is 0 Å². The van der Waals surface area contributed by atoms with E-state index in [0.29, 0.717) is 11.3 Å². The molecule has 0 bridgehead atoms. The van der Waals surface area contributed by atoms with Crippen molar-refractivity contribution in [1.82, 2.24) is 10.9 Å². The van der Waals surface area contributed by atoms with Crippen molar-refractivity contribution >= 4 is 11.6 Å². The molecule has 2 rings (SSSR count). The largest absolute Gasteiger partial charge is 0.484 e. The van der Waals surface area contributed by atoms with E-state index in [4.69, 9.17) is 4.74 Å². The van der Waals surface area contributed by atoms with Gasteiger partial charge in [-0.25, -0.2) is 4.39 Å². The number of carbonyl (C=O) groups excluding carboxylic acids is 1. The Labute approximate surface area is 128 Å². The zero-order valence-corrected chi connectivity index (χ0v) is 12.2. The molecule has 22 heavy (non-hydrogen) atoms. The van der Waals surface area contributed by atoms with Gasteiger partial charge in [-0.05, 0) is 36.8 Å². The molecule has 1 amide bonds. The molecule has 0 heterocycles. The number of ether oxygens (including phenoxy) is 1. The van der Waals surface area contributed by atoms with Gasteiger partial charge in [0.25, 0.3) is 5.91 Å². The highest BCUT2D eigenvalue weighted by atomic mass is 19.1. The third kappa shape index (κ3) is 4.34. The van der Waals surface area contributed by atoms with Crippen molar-refractivity contribution in [2.75, 3.05) is 6.61 Å². The van der Waals surface area contributed by atoms with Crippen LogP contribution in [0.1, 0.15) is 11.1 Å². The molecule has 2 N–H and O–H groups in total. The Bertz CT molecular complexity index is 686. The minimum absolute atomic E-state index is 0.152. The highest BCUT2D eigenvalue weighted by Gasteiger charge is 2.07. The lowest BCUT2D eigenvalue weighted by Crippen LogP contribution is -2.39. The van der Waals surface area contributed by atoms with E-state index in [-0.39, 0.29) is 18.2 Å². The Morgan fingerprint density at radius 2 is 1.95 bits per heavy atom. The molecular formula is C17H17FN2O2. The number of nitrogens with one attached hydrogen (secondary N) is 2. The van der Waals surface area contributed by atoms with Crippen molar-refractivity contribution in [2.45, 2.75) is 6.92 Å². The fraction of sp³-hybridized carbons (Fsp3) is 0.118. The SMILES string of the molecule is C=C(NNC(=O)COc1cccc(C)c1)c1ccccc1F. The van der Waals surface area contributed by atoms with Crippen molar-refractivity contribution in [3.05, 3.63) is 72.1 Å². The van der Waals surface area contributed by atoms with Gasteiger partial charge < -0.3 is 4.74 Å². The summed E-state index contributed by atoms with van der Waals surface area (Å²) in [5.74, 6) is -0.188. The first kappa shape index (κ1) is 15.6. The fourth-order valence-electron chi connectivity index (χ4n) is 1.81. The van der Waals surface area contributed by atoms with E-state index in [1.165, 1.54) is 6.07 Å². The molecule has 0 fully saturated rings. The molecule has 0 atom stereocenters. The number of carbonyl (C=O) groups is 1. The summed E-state index contributed by atoms with van der Waals surface area (Å²) in [5.41, 5.74) is 6.59. The maximum Gasteiger partial charge on any atom is 0.276 e. The van der Waals surface area contributed by atoms with E-state index in [9.17, 15) is 9.18 Å². The average molecular weight is 300 g/mol. The van der Waals surface area contributed by atoms with Gasteiger partial charge in [-0.2, -0.15) is 0 Å². The maximum atomic E-state index is 13.5. The molecule has 0 aromatic heterocycles. The zero-order valence-electron chi connectivity index (χ0n) is 12.2. The lowest BCUT2D eigenvalue weighted by atomic mass is 10.2. The van der Waals surface area contributed by atoms with Gasteiger partial charge >= 0.3 is 0 Å². The molecular weight excluding hydrogens is 283 g/mol. The van der Waals surface area contributed by atoms with Crippen LogP contribution in [-0.2, 0) is 4.79 Å². The van der Waals surface area contributed by atoms with Crippen LogP contribution in [0.15, 0.2) is 55.1 Å². The Morgan fingerprint density at radius 1 is 1.18 bits per heavy atom. The van der Waals surface area contributed by atoms with E-state index in [0.717, 1.165) is 5.56 Å². The number of hydrazine groups is 1. The molecule has 2 aromatic rings. The molecule has 0 aliphatic carbocycles. The van der Waals surface area contributed by atoms with Gasteiger partial charge in [0, 0.05) is 5.56 Å². The predicted octanol–water partition coefficient (Wildman–Crippen LogP) is 2.80. The van der Waals surface area contributed by atoms with Gasteiger partial charge in [-0.1, -0.05) is 30.8 Å². The molecule has 0 aliphatic rings. The Hall–Kier alpha value is -2.82. The quantitative estimate of drug-likeness (QED) is 0.807. The standard InChI is InChI=1S/C17H17FN2O2/c1-12-6-5-7-14(10-12)22-11-17(21)20-19-13(2)15-8-3-4-9-16(15)18/h3-10,19H,2,11H2,1H3,(H,20,21). The molecule has 0 aliphatic heterocycles. The summed E-state index contributed by atoms with van der Waals surface area (Å²) in [7, 11) is 0. The summed E-state index contributed by atoms with van der Waals surface area (Å²) < 4.78 is 18.9. The summed E-state index contributed by atoms with van der Waals surface area (Å²) >= 11 is 0. The number of aryl methyl sites for hydroxylation is 1. The smallest absolute Gasteiger partial charge is 0.276 e. The molecule has 0 saturated carbocycles. The number of hydrogen-bond acceptors (Lipinski definition) is 3. The lowest BCUT2D eigenvalue weighted by Gasteiger charge is -2.12. The van der Waals surface area contributed by atoms with Crippen LogP contribution in [-0.4, -0.2) is 12.5 Å². The molecule has 2 aromatic carbocycles. The minimum Gasteiger partial charge on any atom is -0.484 e. The third-order valence-corrected chi connectivity index (χ3v) is 2.91. The lowest BCUT2D eigenvalue weighted by molar-refractivity contribution is -0.123. The maximum absolute atomic E-state index is 13.5. The third-order valence-electron chi connectivity index (χ3n) is 2.91. The Balaban J connectivity index is 1.81. The van der Waals surface area contributed by atoms with Crippen LogP contribution in [0.3, 0.4) is 0 Å². The van der Waals surface area contributed by atoms with E-state index in [1.54, 1.807) is 24.3 Å². The number of hydrogen-bond donors (Lipinski definition) is 2. The van der Waals surface area contributed by atoms with Crippen LogP contribution in [0, 0.1) is 12.7 Å². The van der Waals surface area contributed by atoms with E-state index in [2.05, 4.69) is 17.4 Å². The zero-order chi connectivity index (χ0) is 15.9. The van der Waals surface area contributed by atoms with E-state index < -0.39 is 5.82 Å². The highest BCUT2D eigenvalue weighted by Crippen LogP contribution is 2.13. The van der Waals surface area contributed by atoms with Crippen LogP contribution in [0.2, 0.25) is 0 Å². The molecule has 0 saturated heterocycles. The number of halogens is 1. The highest BCUT2D eigenvalue weighted by molar-refractivity contribution is 5.78. The van der Waals surface area contributed by atoms with Crippen LogP contribution in [0.25, 0.3) is 5.70 Å². The summed E-state index contributed by atoms with van der Waals surface area (Å²) in [5, 5.41) is 0. The fourth-order valence-corrected chi connectivity index (χ4v) is 1.81. The van der Waals surface area contributed by atoms with Gasteiger partial charge in [0.2, 0.25) is 0 Å². The Kier molecular flexibility index (Phi) is 5.14. The van der Waals surface area contributed by atoms with Crippen molar-refractivity contribution < 1.29 is 13.9 Å². The van der Waals surface area contributed by atoms with Crippen LogP contribution >= 0.6 is 0 Å². The second-order valence-electron chi connectivity index (χ2n) is 4.74. The first-order valence-corrected chi connectivity index (χ1v) is 6.74. The summed E-state index contributed by atoms with van der Waals surface area (Å²) in [6.07, 6.45) is 0. The number of rotatable bonds is 6. The molecule has 0 spiro atoms. The first-order valence-electron chi connectivity index (χ1n) is 6.74. The molecule has 114 valence electrons. The summed E-state index contributed by atoms with van der Waals surface area (Å²) in [4.78, 5) is 11.7. The average Bonchev–Trinajstić information content (AvgIpc) is 2.51. The molecule has 0 radical (unpaired) electrons. The summed E-state index contributed by atoms with van der Waals surface area (Å²) in [6.45, 7) is 5.47. The van der Waals surface area contributed by atoms with Crippen LogP contribution in [0.4, 0.5) is 4.39 Å². The van der Waals surface area contributed by atoms with Crippen molar-refractivity contribution in [3.8, 4) is 5.75 Å². The van der Waals surface area contributed by atoms with Gasteiger partial charge in [-0.15, -0.1) is 0 Å². The Morgan fingerprint density at radius 3 is 2.68 bits per heavy atom. The minimum atomic E-state index is -0.412. The van der Waals surface area contributed by atoms with Crippen LogP contribution < -0.4 is 15.6 Å². The van der Waals surface area contributed by atoms with Gasteiger partial charge in [0.05, 0.1) is 5.70 Å². The van der Waals surface area contributed by atoms with E-state index in [1.807, 2.05) is 25.1 Å². The first-order chi connectivity index (χ1) is 10.6.